The second-order valence-electron chi connectivity index (χ2n) is 15.8. The number of carbonyl (C=O) groups excluding carboxylic acids is 3. The summed E-state index contributed by atoms with van der Waals surface area (Å²) < 4.78 is 6.57. The molecule has 47 heavy (non-hydrogen) atoms. The van der Waals surface area contributed by atoms with E-state index in [0.717, 1.165) is 24.8 Å². The lowest BCUT2D eigenvalue weighted by Gasteiger charge is -2.66. The topological polar surface area (TPSA) is 121 Å². The lowest BCUT2D eigenvalue weighted by atomic mass is 9.43. The van der Waals surface area contributed by atoms with E-state index in [1.165, 1.54) is 77.0 Å². The summed E-state index contributed by atoms with van der Waals surface area (Å²) in [4.78, 5) is 39.0. The Bertz CT molecular complexity index is 1090. The van der Waals surface area contributed by atoms with Crippen molar-refractivity contribution in [3.8, 4) is 0 Å². The normalized spacial score (nSPS) is 34.5. The molecule has 0 aliphatic heterocycles. The van der Waals surface area contributed by atoms with Gasteiger partial charge in [0, 0.05) is 29.6 Å². The fourth-order valence-corrected chi connectivity index (χ4v) is 10.3. The number of aliphatic hydroxyl groups is 3. The summed E-state index contributed by atoms with van der Waals surface area (Å²) in [6.07, 6.45) is 22.7. The lowest BCUT2D eigenvalue weighted by molar-refractivity contribution is -0.270. The van der Waals surface area contributed by atoms with E-state index in [9.17, 15) is 29.7 Å². The Morgan fingerprint density at radius 2 is 1.38 bits per heavy atom. The molecule has 7 atom stereocenters. The number of ether oxygens (including phenoxy) is 1. The van der Waals surface area contributed by atoms with Crippen molar-refractivity contribution in [3.05, 3.63) is 11.6 Å². The maximum atomic E-state index is 13.6. The van der Waals surface area contributed by atoms with Crippen molar-refractivity contribution in [2.75, 3.05) is 6.61 Å². The number of ketones is 2. The van der Waals surface area contributed by atoms with Crippen LogP contribution >= 0.6 is 0 Å². The summed E-state index contributed by atoms with van der Waals surface area (Å²) in [5.41, 5.74) is -3.64. The van der Waals surface area contributed by atoms with Crippen LogP contribution in [0.15, 0.2) is 11.6 Å². The summed E-state index contributed by atoms with van der Waals surface area (Å²) in [7, 11) is 0. The van der Waals surface area contributed by atoms with Crippen molar-refractivity contribution in [1.82, 2.24) is 0 Å². The van der Waals surface area contributed by atoms with Crippen molar-refractivity contribution in [3.63, 3.8) is 0 Å². The highest BCUT2D eigenvalue weighted by Crippen LogP contribution is 2.70. The van der Waals surface area contributed by atoms with Crippen LogP contribution in [0.2, 0.25) is 0 Å². The Hall–Kier alpha value is -0.804. The second kappa shape index (κ2) is 17.9. The van der Waals surface area contributed by atoms with Gasteiger partial charge in [-0.05, 0) is 56.9 Å². The van der Waals surface area contributed by atoms with E-state index in [-0.39, 0.29) is 59.5 Å². The molecule has 3 N–H and O–H groups in total. The SMILES string of the molecule is CCCCCCCCCCCCCCCCCC(=O)O[C@]12[C@@H](O)C[C@@]3(C)[C@@H](CC[C@]3(O)C(=O)CO)[C@@H]1CCC1=CC(=O)CC[C@@]12C.[MgH2]. The first-order valence-electron chi connectivity index (χ1n) is 19.0. The van der Waals surface area contributed by atoms with Crippen molar-refractivity contribution in [1.29, 1.82) is 0 Å². The predicted octanol–water partition coefficient (Wildman–Crippen LogP) is 6.79. The van der Waals surface area contributed by atoms with Gasteiger partial charge in [-0.2, -0.15) is 0 Å². The number of hydrogen-bond acceptors (Lipinski definition) is 7. The monoisotopic (exact) mass is 670 g/mol. The minimum Gasteiger partial charge on any atom is -0.455 e. The van der Waals surface area contributed by atoms with Gasteiger partial charge in [-0.3, -0.25) is 14.4 Å². The summed E-state index contributed by atoms with van der Waals surface area (Å²) >= 11 is 0. The number of unbranched alkanes of at least 4 members (excludes halogenated alkanes) is 14. The van der Waals surface area contributed by atoms with Crippen LogP contribution in [0.3, 0.4) is 0 Å². The van der Waals surface area contributed by atoms with Gasteiger partial charge < -0.3 is 20.1 Å². The zero-order valence-corrected chi connectivity index (χ0v) is 29.3. The molecule has 0 heterocycles. The van der Waals surface area contributed by atoms with Gasteiger partial charge in [-0.25, -0.2) is 0 Å². The average Bonchev–Trinajstić information content (AvgIpc) is 3.29. The zero-order chi connectivity index (χ0) is 33.4. The highest BCUT2D eigenvalue weighted by Gasteiger charge is 2.75. The van der Waals surface area contributed by atoms with E-state index in [4.69, 9.17) is 4.74 Å². The van der Waals surface area contributed by atoms with E-state index in [0.29, 0.717) is 38.5 Å². The van der Waals surface area contributed by atoms with Crippen LogP contribution in [0.1, 0.15) is 168 Å². The molecule has 0 aromatic rings. The fourth-order valence-electron chi connectivity index (χ4n) is 10.3. The molecule has 0 amide bonds. The molecular weight excluding hydrogens is 605 g/mol. The average molecular weight is 671 g/mol. The first-order chi connectivity index (χ1) is 22.0. The van der Waals surface area contributed by atoms with E-state index < -0.39 is 40.5 Å². The van der Waals surface area contributed by atoms with Gasteiger partial charge in [0.25, 0.3) is 0 Å². The van der Waals surface area contributed by atoms with Gasteiger partial charge >= 0.3 is 29.0 Å². The van der Waals surface area contributed by atoms with Gasteiger partial charge in [-0.1, -0.05) is 116 Å². The summed E-state index contributed by atoms with van der Waals surface area (Å²) in [6, 6.07) is 0. The van der Waals surface area contributed by atoms with E-state index in [1.807, 2.05) is 13.8 Å². The van der Waals surface area contributed by atoms with E-state index >= 15 is 0 Å². The third kappa shape index (κ3) is 8.24. The maximum Gasteiger partial charge on any atom is 0.316 e. The molecule has 0 saturated heterocycles. The highest BCUT2D eigenvalue weighted by atomic mass is 24.3. The standard InChI is InChI=1S/C39H64O7.Mg.2H/c1-4-5-6-7-8-9-10-11-12-13-14-15-16-17-18-19-35(44)46-39-32(21-20-29-26-30(41)22-24-36(29,39)2)31-23-25-38(45,34(43)28-40)37(31,3)27-33(39)42;;;/h26,31-33,40,42,45H,4-25,27-28H2,1-3H3;;;/t31-,32-,33-,36-,37-,38-,39-;;;/m0.../s1. The van der Waals surface area contributed by atoms with Crippen LogP contribution in [-0.4, -0.2) is 79.8 Å². The molecule has 0 bridgehead atoms. The van der Waals surface area contributed by atoms with Crippen molar-refractivity contribution in [2.45, 2.75) is 186 Å². The smallest absolute Gasteiger partial charge is 0.316 e. The zero-order valence-electron chi connectivity index (χ0n) is 29.3. The fraction of sp³-hybridized carbons (Fsp3) is 0.872. The van der Waals surface area contributed by atoms with Gasteiger partial charge in [0.1, 0.15) is 17.8 Å². The molecule has 0 spiro atoms. The summed E-state index contributed by atoms with van der Waals surface area (Å²) in [5, 5.41) is 33.4. The first kappa shape index (κ1) is 40.6. The quantitative estimate of drug-likeness (QED) is 0.0786. The van der Waals surface area contributed by atoms with Gasteiger partial charge in [0.15, 0.2) is 11.6 Å². The molecule has 4 aliphatic rings. The van der Waals surface area contributed by atoms with E-state index in [1.54, 1.807) is 6.08 Å². The van der Waals surface area contributed by atoms with E-state index in [2.05, 4.69) is 6.92 Å². The summed E-state index contributed by atoms with van der Waals surface area (Å²) in [6.45, 7) is 5.42. The molecule has 3 fully saturated rings. The number of rotatable bonds is 19. The number of fused-ring (bicyclic) bond motifs is 5. The Morgan fingerprint density at radius 1 is 0.830 bits per heavy atom. The van der Waals surface area contributed by atoms with Crippen molar-refractivity contribution >= 4 is 40.6 Å². The molecule has 0 aromatic heterocycles. The molecular formula is C39H66MgO7. The van der Waals surface area contributed by atoms with Crippen LogP contribution < -0.4 is 0 Å². The molecule has 8 heteroatoms. The van der Waals surface area contributed by atoms with Gasteiger partial charge in [0.05, 0.1) is 6.10 Å². The van der Waals surface area contributed by atoms with Crippen molar-refractivity contribution in [2.24, 2.45) is 22.7 Å². The predicted molar refractivity (Wildman–Crippen MR) is 189 cm³/mol. The Labute approximate surface area is 300 Å². The number of hydrogen-bond donors (Lipinski definition) is 3. The third-order valence-corrected chi connectivity index (χ3v) is 13.1. The Balaban J connectivity index is 0.00000600. The van der Waals surface area contributed by atoms with Crippen LogP contribution in [0.5, 0.6) is 0 Å². The first-order valence-corrected chi connectivity index (χ1v) is 19.0. The third-order valence-electron chi connectivity index (χ3n) is 13.1. The Morgan fingerprint density at radius 3 is 1.94 bits per heavy atom. The molecule has 4 rings (SSSR count). The largest absolute Gasteiger partial charge is 0.455 e. The number of aliphatic hydroxyl groups excluding tert-OH is 2. The molecule has 266 valence electrons. The van der Waals surface area contributed by atoms with Crippen LogP contribution in [0.4, 0.5) is 0 Å². The van der Waals surface area contributed by atoms with Crippen molar-refractivity contribution < 1.29 is 34.4 Å². The highest BCUT2D eigenvalue weighted by molar-refractivity contribution is 5.92. The minimum atomic E-state index is -1.73. The second-order valence-corrected chi connectivity index (χ2v) is 15.8. The van der Waals surface area contributed by atoms with Crippen LogP contribution in [-0.2, 0) is 19.1 Å². The van der Waals surface area contributed by atoms with Gasteiger partial charge in [-0.15, -0.1) is 0 Å². The maximum absolute atomic E-state index is 13.6. The van der Waals surface area contributed by atoms with Crippen LogP contribution in [0, 0.1) is 22.7 Å². The molecule has 4 aliphatic carbocycles. The Kier molecular flexibility index (Phi) is 15.5. The lowest BCUT2D eigenvalue weighted by Crippen LogP contribution is -2.72. The number of esters is 1. The number of carbonyl (C=O) groups is 3. The molecule has 0 radical (unpaired) electrons. The van der Waals surface area contributed by atoms with Gasteiger partial charge in [0.2, 0.25) is 0 Å². The minimum absolute atomic E-state index is 0. The summed E-state index contributed by atoms with van der Waals surface area (Å²) in [5.74, 6) is -1.26. The molecule has 0 aromatic carbocycles. The molecule has 7 nitrogen and oxygen atoms in total. The molecule has 3 saturated carbocycles. The number of Topliss-reactive ketones (excluding diaryl/α,β-unsaturated/α-hetero) is 1. The van der Waals surface area contributed by atoms with Crippen LogP contribution in [0.25, 0.3) is 0 Å². The molecule has 0 unspecified atom stereocenters.